The van der Waals surface area contributed by atoms with E-state index >= 15 is 0 Å². The van der Waals surface area contributed by atoms with Gasteiger partial charge in [-0.15, -0.1) is 0 Å². The molecule has 0 heterocycles. The molecule has 0 unspecified atom stereocenters. The summed E-state index contributed by atoms with van der Waals surface area (Å²) >= 11 is 0. The Hall–Kier alpha value is -3.78. The van der Waals surface area contributed by atoms with Gasteiger partial charge in [-0.25, -0.2) is 9.18 Å². The number of alkyl carbamates (subject to hydrolysis) is 1. The number of carbonyl (C=O) groups is 1. The SMILES string of the molecule is CCOc1ccc(C#CCNC(=O)OCC2c3ccccc3-c3ccccc32)c(F)c1. The molecule has 1 aliphatic carbocycles. The first-order valence-corrected chi connectivity index (χ1v) is 10.2. The number of ether oxygens (including phenoxy) is 2. The van der Waals surface area contributed by atoms with Gasteiger partial charge in [0.25, 0.3) is 0 Å². The van der Waals surface area contributed by atoms with Gasteiger partial charge in [-0.05, 0) is 41.3 Å². The molecule has 1 amide bonds. The molecule has 3 aromatic carbocycles. The molecular formula is C26H22FNO3. The van der Waals surface area contributed by atoms with Crippen LogP contribution in [0.4, 0.5) is 9.18 Å². The summed E-state index contributed by atoms with van der Waals surface area (Å²) in [4.78, 5) is 12.1. The third-order valence-corrected chi connectivity index (χ3v) is 5.14. The molecule has 0 bridgehead atoms. The number of hydrogen-bond acceptors (Lipinski definition) is 3. The Bertz CT molecular complexity index is 1120. The molecule has 0 aliphatic heterocycles. The van der Waals surface area contributed by atoms with Crippen molar-refractivity contribution in [3.8, 4) is 28.7 Å². The fourth-order valence-electron chi connectivity index (χ4n) is 3.76. The highest BCUT2D eigenvalue weighted by molar-refractivity contribution is 5.79. The Morgan fingerprint density at radius 3 is 2.35 bits per heavy atom. The highest BCUT2D eigenvalue weighted by Crippen LogP contribution is 2.44. The van der Waals surface area contributed by atoms with E-state index in [2.05, 4.69) is 41.4 Å². The lowest BCUT2D eigenvalue weighted by atomic mass is 9.98. The quantitative estimate of drug-likeness (QED) is 0.589. The highest BCUT2D eigenvalue weighted by atomic mass is 19.1. The summed E-state index contributed by atoms with van der Waals surface area (Å²) in [5.41, 5.74) is 4.91. The molecule has 0 saturated carbocycles. The van der Waals surface area contributed by atoms with Crippen LogP contribution in [0, 0.1) is 17.7 Å². The summed E-state index contributed by atoms with van der Waals surface area (Å²) in [5, 5.41) is 2.59. The van der Waals surface area contributed by atoms with Crippen LogP contribution in [0.3, 0.4) is 0 Å². The summed E-state index contributed by atoms with van der Waals surface area (Å²) in [6.45, 7) is 2.60. The Morgan fingerprint density at radius 2 is 1.71 bits per heavy atom. The Morgan fingerprint density at radius 1 is 1.03 bits per heavy atom. The molecular weight excluding hydrogens is 393 g/mol. The van der Waals surface area contributed by atoms with E-state index in [9.17, 15) is 9.18 Å². The molecule has 4 nitrogen and oxygen atoms in total. The maximum atomic E-state index is 14.0. The van der Waals surface area contributed by atoms with Gasteiger partial charge in [-0.2, -0.15) is 0 Å². The predicted molar refractivity (Wildman–Crippen MR) is 118 cm³/mol. The zero-order chi connectivity index (χ0) is 21.6. The van der Waals surface area contributed by atoms with Gasteiger partial charge in [-0.1, -0.05) is 60.4 Å². The summed E-state index contributed by atoms with van der Waals surface area (Å²) in [6, 6.07) is 20.8. The van der Waals surface area contributed by atoms with Gasteiger partial charge in [0, 0.05) is 12.0 Å². The molecule has 0 atom stereocenters. The molecule has 5 heteroatoms. The smallest absolute Gasteiger partial charge is 0.407 e. The lowest BCUT2D eigenvalue weighted by Gasteiger charge is -2.14. The van der Waals surface area contributed by atoms with Gasteiger partial charge in [0.2, 0.25) is 0 Å². The van der Waals surface area contributed by atoms with Crippen molar-refractivity contribution in [1.29, 1.82) is 0 Å². The van der Waals surface area contributed by atoms with Crippen LogP contribution in [0.15, 0.2) is 66.7 Å². The zero-order valence-corrected chi connectivity index (χ0v) is 17.2. The molecule has 0 saturated heterocycles. The van der Waals surface area contributed by atoms with Crippen LogP contribution >= 0.6 is 0 Å². The van der Waals surface area contributed by atoms with Crippen molar-refractivity contribution in [2.75, 3.05) is 19.8 Å². The molecule has 0 fully saturated rings. The molecule has 1 aliphatic rings. The second kappa shape index (κ2) is 9.36. The van der Waals surface area contributed by atoms with Crippen LogP contribution in [0.2, 0.25) is 0 Å². The molecule has 4 rings (SSSR count). The molecule has 31 heavy (non-hydrogen) atoms. The van der Waals surface area contributed by atoms with Crippen molar-refractivity contribution < 1.29 is 18.7 Å². The first-order chi connectivity index (χ1) is 15.2. The summed E-state index contributed by atoms with van der Waals surface area (Å²) < 4.78 is 24.7. The summed E-state index contributed by atoms with van der Waals surface area (Å²) in [6.07, 6.45) is -0.552. The number of hydrogen-bond donors (Lipinski definition) is 1. The van der Waals surface area contributed by atoms with Crippen LogP contribution in [0.5, 0.6) is 5.75 Å². The largest absolute Gasteiger partial charge is 0.494 e. The van der Waals surface area contributed by atoms with Crippen molar-refractivity contribution >= 4 is 6.09 Å². The van der Waals surface area contributed by atoms with Gasteiger partial charge in [0.05, 0.1) is 18.7 Å². The molecule has 156 valence electrons. The fourth-order valence-corrected chi connectivity index (χ4v) is 3.76. The second-order valence-electron chi connectivity index (χ2n) is 7.06. The van der Waals surface area contributed by atoms with Gasteiger partial charge >= 0.3 is 6.09 Å². The number of nitrogens with one attached hydrogen (secondary N) is 1. The van der Waals surface area contributed by atoms with Crippen molar-refractivity contribution in [3.63, 3.8) is 0 Å². The van der Waals surface area contributed by atoms with Gasteiger partial charge in [0.15, 0.2) is 0 Å². The molecule has 3 aromatic rings. The minimum atomic E-state index is -0.552. The van der Waals surface area contributed by atoms with Crippen molar-refractivity contribution in [1.82, 2.24) is 5.32 Å². The van der Waals surface area contributed by atoms with Crippen LogP contribution in [-0.4, -0.2) is 25.9 Å². The van der Waals surface area contributed by atoms with Crippen molar-refractivity contribution in [2.45, 2.75) is 12.8 Å². The number of carbonyl (C=O) groups excluding carboxylic acids is 1. The standard InChI is InChI=1S/C26H22FNO3/c1-2-30-19-14-13-18(25(27)16-19)8-7-15-28-26(29)31-17-24-22-11-5-3-9-20(22)21-10-4-6-12-23(21)24/h3-6,9-14,16,24H,2,15,17H2,1H3,(H,28,29). The predicted octanol–water partition coefficient (Wildman–Crippen LogP) is 5.11. The first-order valence-electron chi connectivity index (χ1n) is 10.2. The first kappa shape index (κ1) is 20.5. The maximum Gasteiger partial charge on any atom is 0.407 e. The molecule has 0 spiro atoms. The minimum absolute atomic E-state index is 0.00202. The van der Waals surface area contributed by atoms with Crippen LogP contribution in [0.25, 0.3) is 11.1 Å². The summed E-state index contributed by atoms with van der Waals surface area (Å²) in [7, 11) is 0. The number of fused-ring (bicyclic) bond motifs is 3. The maximum absolute atomic E-state index is 14.0. The van der Waals surface area contributed by atoms with E-state index in [-0.39, 0.29) is 24.6 Å². The normalized spacial score (nSPS) is 11.7. The van der Waals surface area contributed by atoms with E-state index < -0.39 is 11.9 Å². The minimum Gasteiger partial charge on any atom is -0.494 e. The Balaban J connectivity index is 1.33. The average molecular weight is 415 g/mol. The van der Waals surface area contributed by atoms with Gasteiger partial charge in [-0.3, -0.25) is 0 Å². The number of benzene rings is 3. The fraction of sp³-hybridized carbons (Fsp3) is 0.192. The van der Waals surface area contributed by atoms with Crippen molar-refractivity contribution in [3.05, 3.63) is 89.2 Å². The third-order valence-electron chi connectivity index (χ3n) is 5.14. The number of halogens is 1. The number of rotatable bonds is 5. The zero-order valence-electron chi connectivity index (χ0n) is 17.2. The number of amides is 1. The molecule has 0 aromatic heterocycles. The van der Waals surface area contributed by atoms with E-state index in [0.29, 0.717) is 12.4 Å². The highest BCUT2D eigenvalue weighted by Gasteiger charge is 2.28. The Labute approximate surface area is 181 Å². The van der Waals surface area contributed by atoms with Crippen LogP contribution < -0.4 is 10.1 Å². The topological polar surface area (TPSA) is 47.6 Å². The second-order valence-corrected chi connectivity index (χ2v) is 7.06. The molecule has 1 N–H and O–H groups in total. The average Bonchev–Trinajstić information content (AvgIpc) is 3.10. The summed E-state index contributed by atoms with van der Waals surface area (Å²) in [5.74, 6) is 5.46. The van der Waals surface area contributed by atoms with E-state index in [0.717, 1.165) is 11.1 Å². The molecule has 0 radical (unpaired) electrons. The van der Waals surface area contributed by atoms with E-state index in [4.69, 9.17) is 9.47 Å². The van der Waals surface area contributed by atoms with E-state index in [1.807, 2.05) is 31.2 Å². The van der Waals surface area contributed by atoms with E-state index in [1.54, 1.807) is 12.1 Å². The van der Waals surface area contributed by atoms with Crippen molar-refractivity contribution in [2.24, 2.45) is 0 Å². The lowest BCUT2D eigenvalue weighted by molar-refractivity contribution is 0.144. The lowest BCUT2D eigenvalue weighted by Crippen LogP contribution is -2.26. The van der Waals surface area contributed by atoms with Gasteiger partial charge in [0.1, 0.15) is 18.2 Å². The van der Waals surface area contributed by atoms with E-state index in [1.165, 1.54) is 17.2 Å². The monoisotopic (exact) mass is 415 g/mol. The van der Waals surface area contributed by atoms with Gasteiger partial charge < -0.3 is 14.8 Å². The van der Waals surface area contributed by atoms with Crippen LogP contribution in [0.1, 0.15) is 29.5 Å². The van der Waals surface area contributed by atoms with Crippen LogP contribution in [-0.2, 0) is 4.74 Å². The third kappa shape index (κ3) is 4.54. The Kier molecular flexibility index (Phi) is 6.18.